The third-order valence-corrected chi connectivity index (χ3v) is 5.56. The van der Waals surface area contributed by atoms with Gasteiger partial charge in [-0.1, -0.05) is 31.5 Å². The number of amidine groups is 1. The van der Waals surface area contributed by atoms with Gasteiger partial charge >= 0.3 is 0 Å². The molecule has 3 rings (SSSR count). The fourth-order valence-electron chi connectivity index (χ4n) is 3.32. The summed E-state index contributed by atoms with van der Waals surface area (Å²) in [6.07, 6.45) is 7.05. The minimum absolute atomic E-state index is 0.303. The Kier molecular flexibility index (Phi) is 4.38. The molecule has 2 atom stereocenters. The van der Waals surface area contributed by atoms with E-state index in [0.717, 1.165) is 22.4 Å². The highest BCUT2D eigenvalue weighted by molar-refractivity contribution is 8.14. The van der Waals surface area contributed by atoms with Gasteiger partial charge < -0.3 is 10.1 Å². The van der Waals surface area contributed by atoms with Crippen molar-refractivity contribution in [1.82, 2.24) is 10.3 Å². The van der Waals surface area contributed by atoms with Gasteiger partial charge in [0.2, 0.25) is 5.88 Å². The molecule has 1 aliphatic heterocycles. The first-order valence-corrected chi connectivity index (χ1v) is 8.62. The highest BCUT2D eigenvalue weighted by atomic mass is 32.2. The molecular weight excluding hydrogens is 282 g/mol. The minimum atomic E-state index is 0.303. The second-order valence-corrected chi connectivity index (χ2v) is 7.19. The Morgan fingerprint density at radius 1 is 1.57 bits per heavy atom. The zero-order valence-corrected chi connectivity index (χ0v) is 13.6. The number of aromatic nitrogens is 1. The van der Waals surface area contributed by atoms with Gasteiger partial charge in [-0.3, -0.25) is 4.99 Å². The van der Waals surface area contributed by atoms with Gasteiger partial charge in [-0.15, -0.1) is 0 Å². The van der Waals surface area contributed by atoms with Gasteiger partial charge in [-0.05, 0) is 30.4 Å². The lowest BCUT2D eigenvalue weighted by Crippen LogP contribution is -2.47. The summed E-state index contributed by atoms with van der Waals surface area (Å²) in [6, 6.07) is 3.94. The van der Waals surface area contributed by atoms with Crippen molar-refractivity contribution in [3.63, 3.8) is 0 Å². The van der Waals surface area contributed by atoms with Crippen LogP contribution in [0.15, 0.2) is 23.3 Å². The van der Waals surface area contributed by atoms with Crippen LogP contribution in [0.2, 0.25) is 0 Å². The molecule has 114 valence electrons. The fraction of sp³-hybridized carbons (Fsp3) is 0.625. The van der Waals surface area contributed by atoms with E-state index in [-0.39, 0.29) is 0 Å². The summed E-state index contributed by atoms with van der Waals surface area (Å²) >= 11 is 1.87. The third kappa shape index (κ3) is 3.51. The van der Waals surface area contributed by atoms with E-state index in [1.54, 1.807) is 13.3 Å². The lowest BCUT2D eigenvalue weighted by molar-refractivity contribution is 0.242. The highest BCUT2D eigenvalue weighted by Gasteiger charge is 2.40. The SMILES string of the molecule is COc1cc(CN=C2NC3(CCCC(C)C3)CS2)ccn1. The number of thioether (sulfide) groups is 1. The number of pyridine rings is 1. The summed E-state index contributed by atoms with van der Waals surface area (Å²) in [5.41, 5.74) is 1.44. The van der Waals surface area contributed by atoms with Crippen LogP contribution in [0.4, 0.5) is 0 Å². The van der Waals surface area contributed by atoms with E-state index in [0.29, 0.717) is 18.0 Å². The molecule has 2 heterocycles. The van der Waals surface area contributed by atoms with E-state index in [2.05, 4.69) is 17.2 Å². The number of hydrogen-bond acceptors (Lipinski definition) is 4. The van der Waals surface area contributed by atoms with E-state index in [1.165, 1.54) is 25.7 Å². The van der Waals surface area contributed by atoms with Gasteiger partial charge in [0.15, 0.2) is 5.17 Å². The number of nitrogens with one attached hydrogen (secondary N) is 1. The van der Waals surface area contributed by atoms with Crippen molar-refractivity contribution in [1.29, 1.82) is 0 Å². The van der Waals surface area contributed by atoms with E-state index < -0.39 is 0 Å². The molecule has 2 aliphatic rings. The average molecular weight is 305 g/mol. The molecule has 21 heavy (non-hydrogen) atoms. The Morgan fingerprint density at radius 2 is 2.48 bits per heavy atom. The van der Waals surface area contributed by atoms with E-state index in [9.17, 15) is 0 Å². The molecule has 4 nitrogen and oxygen atoms in total. The number of nitrogens with zero attached hydrogens (tertiary/aromatic N) is 2. The summed E-state index contributed by atoms with van der Waals surface area (Å²) in [7, 11) is 1.64. The van der Waals surface area contributed by atoms with Gasteiger partial charge in [0.25, 0.3) is 0 Å². The van der Waals surface area contributed by atoms with Gasteiger partial charge in [-0.25, -0.2) is 4.98 Å². The molecule has 1 N–H and O–H groups in total. The van der Waals surface area contributed by atoms with E-state index in [4.69, 9.17) is 9.73 Å². The summed E-state index contributed by atoms with van der Waals surface area (Å²) in [5, 5.41) is 4.80. The van der Waals surface area contributed by atoms with Crippen molar-refractivity contribution in [2.24, 2.45) is 10.9 Å². The van der Waals surface area contributed by atoms with Crippen molar-refractivity contribution in [3.8, 4) is 5.88 Å². The molecule has 0 radical (unpaired) electrons. The van der Waals surface area contributed by atoms with Crippen LogP contribution in [0, 0.1) is 5.92 Å². The molecular formula is C16H23N3OS. The zero-order chi connectivity index (χ0) is 14.7. The van der Waals surface area contributed by atoms with E-state index in [1.807, 2.05) is 23.9 Å². The first-order chi connectivity index (χ1) is 10.2. The topological polar surface area (TPSA) is 46.5 Å². The normalized spacial score (nSPS) is 30.6. The molecule has 1 saturated heterocycles. The van der Waals surface area contributed by atoms with Gasteiger partial charge in [-0.2, -0.15) is 0 Å². The number of ether oxygens (including phenoxy) is 1. The van der Waals surface area contributed by atoms with Gasteiger partial charge in [0.1, 0.15) is 0 Å². The average Bonchev–Trinajstić information content (AvgIpc) is 2.88. The predicted octanol–water partition coefficient (Wildman–Crippen LogP) is 3.23. The maximum atomic E-state index is 5.15. The maximum absolute atomic E-state index is 5.15. The fourth-order valence-corrected chi connectivity index (χ4v) is 4.51. The Morgan fingerprint density at radius 3 is 3.29 bits per heavy atom. The minimum Gasteiger partial charge on any atom is -0.481 e. The van der Waals surface area contributed by atoms with Crippen LogP contribution in [0.1, 0.15) is 38.2 Å². The molecule has 1 aliphatic carbocycles. The summed E-state index contributed by atoms with van der Waals surface area (Å²) in [4.78, 5) is 8.85. The summed E-state index contributed by atoms with van der Waals surface area (Å²) in [6.45, 7) is 3.05. The summed E-state index contributed by atoms with van der Waals surface area (Å²) in [5.74, 6) is 2.64. The first kappa shape index (κ1) is 14.7. The predicted molar refractivity (Wildman–Crippen MR) is 87.9 cm³/mol. The van der Waals surface area contributed by atoms with Crippen LogP contribution in [0.25, 0.3) is 0 Å². The van der Waals surface area contributed by atoms with Gasteiger partial charge in [0.05, 0.1) is 13.7 Å². The Hall–Kier alpha value is -1.23. The number of methoxy groups -OCH3 is 1. The van der Waals surface area contributed by atoms with Gasteiger partial charge in [0, 0.05) is 23.6 Å². The van der Waals surface area contributed by atoms with Crippen LogP contribution in [0.3, 0.4) is 0 Å². The molecule has 1 saturated carbocycles. The first-order valence-electron chi connectivity index (χ1n) is 7.63. The smallest absolute Gasteiger partial charge is 0.213 e. The second kappa shape index (κ2) is 6.26. The summed E-state index contributed by atoms with van der Waals surface area (Å²) < 4.78 is 5.15. The number of aliphatic imine (C=N–C) groups is 1. The second-order valence-electron chi connectivity index (χ2n) is 6.22. The van der Waals surface area contributed by atoms with Crippen molar-refractivity contribution >= 4 is 16.9 Å². The molecule has 5 heteroatoms. The molecule has 1 aromatic heterocycles. The van der Waals surface area contributed by atoms with Crippen LogP contribution < -0.4 is 10.1 Å². The van der Waals surface area contributed by atoms with Crippen molar-refractivity contribution < 1.29 is 4.74 Å². The van der Waals surface area contributed by atoms with Crippen LogP contribution >= 0.6 is 11.8 Å². The van der Waals surface area contributed by atoms with Crippen LogP contribution in [-0.2, 0) is 6.54 Å². The Bertz CT molecular complexity index is 534. The standard InChI is InChI=1S/C16H23N3OS/c1-12-4-3-6-16(9-12)11-21-15(19-16)18-10-13-5-7-17-14(8-13)20-2/h5,7-8,12H,3-4,6,9-11H2,1-2H3,(H,18,19). The van der Waals surface area contributed by atoms with Crippen LogP contribution in [-0.4, -0.2) is 28.6 Å². The molecule has 1 aromatic rings. The maximum Gasteiger partial charge on any atom is 0.213 e. The molecule has 2 fully saturated rings. The van der Waals surface area contributed by atoms with Crippen LogP contribution in [0.5, 0.6) is 5.88 Å². The third-order valence-electron chi connectivity index (χ3n) is 4.36. The lowest BCUT2D eigenvalue weighted by Gasteiger charge is -2.36. The molecule has 1 spiro atoms. The Balaban J connectivity index is 1.62. The van der Waals surface area contributed by atoms with Crippen molar-refractivity contribution in [2.45, 2.75) is 44.7 Å². The zero-order valence-electron chi connectivity index (χ0n) is 12.8. The lowest BCUT2D eigenvalue weighted by atomic mass is 9.78. The molecule has 2 unspecified atom stereocenters. The quantitative estimate of drug-likeness (QED) is 0.931. The largest absolute Gasteiger partial charge is 0.481 e. The van der Waals surface area contributed by atoms with Crippen molar-refractivity contribution in [2.75, 3.05) is 12.9 Å². The molecule has 0 bridgehead atoms. The number of rotatable bonds is 3. The molecule has 0 aromatic carbocycles. The monoisotopic (exact) mass is 305 g/mol. The highest BCUT2D eigenvalue weighted by Crippen LogP contribution is 2.38. The molecule has 0 amide bonds. The van der Waals surface area contributed by atoms with E-state index >= 15 is 0 Å². The number of hydrogen-bond donors (Lipinski definition) is 1. The Labute approximate surface area is 130 Å². The van der Waals surface area contributed by atoms with Crippen molar-refractivity contribution in [3.05, 3.63) is 23.9 Å².